The average Bonchev–Trinajstić information content (AvgIpc) is 3.31. The van der Waals surface area contributed by atoms with Crippen molar-refractivity contribution in [1.29, 1.82) is 0 Å². The van der Waals surface area contributed by atoms with Crippen LogP contribution in [0.4, 0.5) is 0 Å². The van der Waals surface area contributed by atoms with E-state index in [1.807, 2.05) is 0 Å². The van der Waals surface area contributed by atoms with Crippen molar-refractivity contribution in [2.45, 2.75) is 91.7 Å². The molecule has 2 rings (SSSR count). The second-order valence-electron chi connectivity index (χ2n) is 9.21. The summed E-state index contributed by atoms with van der Waals surface area (Å²) in [5.41, 5.74) is 7.22. The third-order valence-corrected chi connectivity index (χ3v) is 5.09. The minimum atomic E-state index is -1.09. The molecular formula is C21H39LiSi2. The Morgan fingerprint density at radius 2 is 1.38 bits per heavy atom. The predicted molar refractivity (Wildman–Crippen MR) is 113 cm³/mol. The largest absolute Gasteiger partial charge is 1.00 e. The van der Waals surface area contributed by atoms with Crippen LogP contribution in [0.25, 0.3) is 0 Å². The fourth-order valence-electron chi connectivity index (χ4n) is 1.20. The Morgan fingerprint density at radius 1 is 0.958 bits per heavy atom. The monoisotopic (exact) mass is 354 g/mol. The molecule has 2 saturated carbocycles. The van der Waals surface area contributed by atoms with Gasteiger partial charge in [-0.15, -0.1) is 22.9 Å². The van der Waals surface area contributed by atoms with Gasteiger partial charge in [-0.3, -0.25) is 0 Å². The van der Waals surface area contributed by atoms with Crippen molar-refractivity contribution in [2.75, 3.05) is 0 Å². The summed E-state index contributed by atoms with van der Waals surface area (Å²) in [6.45, 7) is 21.8. The van der Waals surface area contributed by atoms with Crippen molar-refractivity contribution >= 4 is 16.1 Å². The Morgan fingerprint density at radius 3 is 1.62 bits per heavy atom. The van der Waals surface area contributed by atoms with Crippen LogP contribution in [0.3, 0.4) is 0 Å². The molecular weight excluding hydrogens is 315 g/mol. The summed E-state index contributed by atoms with van der Waals surface area (Å²) in [4.78, 5) is 0. The van der Waals surface area contributed by atoms with Gasteiger partial charge in [-0.05, 0) is 32.6 Å². The fraction of sp³-hybridized carbons (Fsp3) is 0.762. The van der Waals surface area contributed by atoms with Gasteiger partial charge in [-0.2, -0.15) is 6.42 Å². The first-order valence-electron chi connectivity index (χ1n) is 9.27. The molecule has 24 heavy (non-hydrogen) atoms. The van der Waals surface area contributed by atoms with E-state index in [2.05, 4.69) is 83.0 Å². The van der Waals surface area contributed by atoms with Gasteiger partial charge >= 0.3 is 18.9 Å². The van der Waals surface area contributed by atoms with Crippen LogP contribution in [0.2, 0.25) is 39.3 Å². The summed E-state index contributed by atoms with van der Waals surface area (Å²) in [5, 5.41) is 0. The molecule has 0 amide bonds. The van der Waals surface area contributed by atoms with Crippen LogP contribution in [-0.4, -0.2) is 16.1 Å². The van der Waals surface area contributed by atoms with Gasteiger partial charge in [-0.1, -0.05) is 52.6 Å². The van der Waals surface area contributed by atoms with E-state index in [9.17, 15) is 0 Å². The van der Waals surface area contributed by atoms with Crippen molar-refractivity contribution in [3.05, 3.63) is 6.92 Å². The second-order valence-corrected chi connectivity index (χ2v) is 18.7. The summed E-state index contributed by atoms with van der Waals surface area (Å²) in [5.74, 6) is 7.48. The summed E-state index contributed by atoms with van der Waals surface area (Å²) in [6, 6.07) is 0. The Kier molecular flexibility index (Phi) is 12.9. The smallest absolute Gasteiger partial charge is 0.343 e. The van der Waals surface area contributed by atoms with E-state index in [-0.39, 0.29) is 18.9 Å². The van der Waals surface area contributed by atoms with Gasteiger partial charge in [0.2, 0.25) is 0 Å². The summed E-state index contributed by atoms with van der Waals surface area (Å²) in [6.07, 6.45) is 7.64. The Hall–Kier alpha value is 0.151. The molecule has 0 aliphatic heterocycles. The standard InChI is InChI=1S/C9H16Si.C8H14Si.C4H9.Li/c1-9(5-6-9)7-8-10(2,3)4;1-9(2,3)7-6-8-4-5-8;1-3-4-2;/h5-6H2,1-4H3;8H,4-5H2,1-3H3;1,3-4H2,2H3;/q;;-1;+1. The zero-order valence-corrected chi connectivity index (χ0v) is 20.0. The Bertz CT molecular complexity index is 441. The molecule has 0 N–H and O–H groups in total. The van der Waals surface area contributed by atoms with Crippen LogP contribution in [0.1, 0.15) is 52.4 Å². The van der Waals surface area contributed by atoms with Gasteiger partial charge in [0.1, 0.15) is 16.1 Å². The predicted octanol–water partition coefficient (Wildman–Crippen LogP) is 3.57. The van der Waals surface area contributed by atoms with Gasteiger partial charge in [0.15, 0.2) is 0 Å². The third kappa shape index (κ3) is 20.2. The maximum absolute atomic E-state index is 3.60. The van der Waals surface area contributed by atoms with Crippen molar-refractivity contribution in [3.63, 3.8) is 0 Å². The van der Waals surface area contributed by atoms with Crippen LogP contribution < -0.4 is 18.9 Å². The van der Waals surface area contributed by atoms with Gasteiger partial charge in [0.25, 0.3) is 0 Å². The number of unbranched alkanes of at least 4 members (excludes halogenated alkanes) is 1. The molecule has 0 spiro atoms. The van der Waals surface area contributed by atoms with E-state index in [0.717, 1.165) is 12.3 Å². The van der Waals surface area contributed by atoms with Gasteiger partial charge < -0.3 is 6.92 Å². The van der Waals surface area contributed by atoms with Crippen molar-refractivity contribution in [3.8, 4) is 22.9 Å². The number of hydrogen-bond donors (Lipinski definition) is 0. The zero-order chi connectivity index (χ0) is 18.1. The van der Waals surface area contributed by atoms with Crippen LogP contribution in [0.15, 0.2) is 0 Å². The molecule has 0 radical (unpaired) electrons. The Labute approximate surface area is 167 Å². The molecule has 0 bridgehead atoms. The maximum atomic E-state index is 3.60. The molecule has 2 aliphatic rings. The Balaban J connectivity index is 0. The van der Waals surface area contributed by atoms with Crippen molar-refractivity contribution < 1.29 is 18.9 Å². The summed E-state index contributed by atoms with van der Waals surface area (Å²) >= 11 is 0. The number of hydrogen-bond acceptors (Lipinski definition) is 0. The molecule has 2 fully saturated rings. The van der Waals surface area contributed by atoms with E-state index in [1.165, 1.54) is 32.1 Å². The zero-order valence-electron chi connectivity index (χ0n) is 18.0. The normalized spacial score (nSPS) is 17.0. The molecule has 0 saturated heterocycles. The molecule has 0 unspecified atom stereocenters. The molecule has 0 aromatic carbocycles. The number of rotatable bonds is 1. The van der Waals surface area contributed by atoms with E-state index >= 15 is 0 Å². The minimum Gasteiger partial charge on any atom is -0.343 e. The molecule has 0 aromatic rings. The SMILES string of the molecule is CC1(C#C[Si](C)(C)C)CC1.C[Si](C)(C)C#CC1CC1.[CH2-]CCC.[Li+]. The molecule has 0 nitrogen and oxygen atoms in total. The topological polar surface area (TPSA) is 0 Å². The maximum Gasteiger partial charge on any atom is 1.00 e. The van der Waals surface area contributed by atoms with E-state index < -0.39 is 16.1 Å². The van der Waals surface area contributed by atoms with E-state index in [4.69, 9.17) is 0 Å². The third-order valence-electron chi connectivity index (χ3n) is 3.32. The minimum absolute atomic E-state index is 0. The van der Waals surface area contributed by atoms with Gasteiger partial charge in [-0.25, -0.2) is 0 Å². The molecule has 3 heteroatoms. The summed E-state index contributed by atoms with van der Waals surface area (Å²) < 4.78 is 0. The van der Waals surface area contributed by atoms with Crippen LogP contribution in [0, 0.1) is 41.2 Å². The first-order chi connectivity index (χ1) is 10.4. The molecule has 0 atom stereocenters. The van der Waals surface area contributed by atoms with Gasteiger partial charge in [0.05, 0.1) is 0 Å². The first kappa shape index (κ1) is 26.4. The van der Waals surface area contributed by atoms with Crippen LogP contribution >= 0.6 is 0 Å². The first-order valence-corrected chi connectivity index (χ1v) is 16.3. The molecule has 2 aliphatic carbocycles. The average molecular weight is 355 g/mol. The summed E-state index contributed by atoms with van der Waals surface area (Å²) in [7, 11) is -2.13. The quantitative estimate of drug-likeness (QED) is 0.384. The fourth-order valence-corrected chi connectivity index (χ4v) is 2.51. The molecule has 0 aromatic heterocycles. The van der Waals surface area contributed by atoms with Crippen LogP contribution in [-0.2, 0) is 0 Å². The molecule has 0 heterocycles. The van der Waals surface area contributed by atoms with E-state index in [0.29, 0.717) is 5.41 Å². The molecule has 132 valence electrons. The van der Waals surface area contributed by atoms with Crippen LogP contribution in [0.5, 0.6) is 0 Å². The van der Waals surface area contributed by atoms with E-state index in [1.54, 1.807) is 0 Å². The van der Waals surface area contributed by atoms with Gasteiger partial charge in [0, 0.05) is 11.3 Å². The van der Waals surface area contributed by atoms with Crippen molar-refractivity contribution in [2.24, 2.45) is 11.3 Å². The second kappa shape index (κ2) is 11.7. The van der Waals surface area contributed by atoms with Crippen molar-refractivity contribution in [1.82, 2.24) is 0 Å².